The molecule has 0 bridgehead atoms. The van der Waals surface area contributed by atoms with Crippen LogP contribution in [0.4, 0.5) is 17.1 Å². The number of fused-ring (bicyclic) bond motifs is 7. The zero-order valence-corrected chi connectivity index (χ0v) is 33.2. The van der Waals surface area contributed by atoms with E-state index in [0.717, 1.165) is 72.5 Å². The molecule has 286 valence electrons. The molecule has 0 unspecified atom stereocenters. The molecule has 2 heterocycles. The molecule has 3 nitrogen and oxygen atoms in total. The number of aromatic nitrogens is 1. The van der Waals surface area contributed by atoms with E-state index in [9.17, 15) is 0 Å². The van der Waals surface area contributed by atoms with Gasteiger partial charge in [0, 0.05) is 49.6 Å². The van der Waals surface area contributed by atoms with Gasteiger partial charge >= 0.3 is 0 Å². The molecule has 0 aliphatic rings. The van der Waals surface area contributed by atoms with E-state index in [2.05, 4.69) is 228 Å². The molecule has 0 radical (unpaired) electrons. The zero-order valence-electron chi connectivity index (χ0n) is 33.2. The average Bonchev–Trinajstić information content (AvgIpc) is 3.88. The molecule has 0 saturated carbocycles. The number of hydrogen-bond acceptors (Lipinski definition) is 2. The molecule has 0 N–H and O–H groups in total. The summed E-state index contributed by atoms with van der Waals surface area (Å²) in [5.41, 5.74) is 15.3. The number of anilines is 3. The molecule has 2 aromatic heterocycles. The Balaban J connectivity index is 1.08. The van der Waals surface area contributed by atoms with Crippen molar-refractivity contribution in [2.45, 2.75) is 0 Å². The molecule has 0 atom stereocenters. The number of para-hydroxylation sites is 6. The SMILES string of the molecule is c1cc(-c2ccccc2-n2c3ccccc3c3ccccc32)cc(N(c2cccc(-c3cccc4c3oc3ccccc34)c2)c2ccccc2-c2cccc3ccccc23)c1. The molecule has 0 amide bonds. The van der Waals surface area contributed by atoms with Gasteiger partial charge in [0.05, 0.1) is 22.4 Å². The van der Waals surface area contributed by atoms with Gasteiger partial charge in [0.25, 0.3) is 0 Å². The van der Waals surface area contributed by atoms with Crippen LogP contribution in [0.5, 0.6) is 0 Å². The predicted octanol–water partition coefficient (Wildman–Crippen LogP) is 16.3. The van der Waals surface area contributed by atoms with Crippen LogP contribution in [0.25, 0.3) is 93.6 Å². The van der Waals surface area contributed by atoms with Crippen LogP contribution >= 0.6 is 0 Å². The summed E-state index contributed by atoms with van der Waals surface area (Å²) in [4.78, 5) is 2.42. The average molecular weight is 779 g/mol. The summed E-state index contributed by atoms with van der Waals surface area (Å²) in [5, 5.41) is 7.17. The maximum atomic E-state index is 6.57. The van der Waals surface area contributed by atoms with E-state index in [1.54, 1.807) is 0 Å². The third kappa shape index (κ3) is 5.74. The van der Waals surface area contributed by atoms with E-state index >= 15 is 0 Å². The van der Waals surface area contributed by atoms with Gasteiger partial charge in [0.15, 0.2) is 0 Å². The standard InChI is InChI=1S/C58H38N2O/c1-2-23-44-39(17-1)18-15-30-47(44)48-25-4-9-33-54(48)59(43-22-14-20-41(38-43)46-29-16-31-52-51-28-7-12-36-57(51)61-58(46)52)42-21-13-19-40(37-42)45-24-3-8-32-53(45)60-55-34-10-5-26-49(55)50-27-6-11-35-56(50)60/h1-38H. The fourth-order valence-corrected chi connectivity index (χ4v) is 9.48. The lowest BCUT2D eigenvalue weighted by molar-refractivity contribution is 0.670. The first-order chi connectivity index (χ1) is 30.3. The third-order valence-corrected chi connectivity index (χ3v) is 12.2. The lowest BCUT2D eigenvalue weighted by Crippen LogP contribution is -2.11. The van der Waals surface area contributed by atoms with Crippen LogP contribution in [0.2, 0.25) is 0 Å². The molecule has 12 rings (SSSR count). The summed E-state index contributed by atoms with van der Waals surface area (Å²) in [7, 11) is 0. The summed E-state index contributed by atoms with van der Waals surface area (Å²) < 4.78 is 8.99. The Morgan fingerprint density at radius 1 is 0.344 bits per heavy atom. The van der Waals surface area contributed by atoms with E-state index in [1.165, 1.54) is 38.1 Å². The van der Waals surface area contributed by atoms with E-state index in [4.69, 9.17) is 4.42 Å². The first kappa shape index (κ1) is 34.9. The van der Waals surface area contributed by atoms with Gasteiger partial charge in [-0.15, -0.1) is 0 Å². The van der Waals surface area contributed by atoms with Gasteiger partial charge in [-0.05, 0) is 82.1 Å². The minimum absolute atomic E-state index is 0.893. The molecular weight excluding hydrogens is 741 g/mol. The smallest absolute Gasteiger partial charge is 0.143 e. The minimum atomic E-state index is 0.893. The van der Waals surface area contributed by atoms with Gasteiger partial charge in [-0.2, -0.15) is 0 Å². The van der Waals surface area contributed by atoms with Gasteiger partial charge in [-0.1, -0.05) is 176 Å². The van der Waals surface area contributed by atoms with Crippen molar-refractivity contribution < 1.29 is 4.42 Å². The minimum Gasteiger partial charge on any atom is -0.455 e. The quantitative estimate of drug-likeness (QED) is 0.161. The molecule has 12 aromatic rings. The molecule has 61 heavy (non-hydrogen) atoms. The number of rotatable bonds is 7. The first-order valence-corrected chi connectivity index (χ1v) is 20.8. The van der Waals surface area contributed by atoms with Crippen LogP contribution in [-0.2, 0) is 0 Å². The summed E-state index contributed by atoms with van der Waals surface area (Å²) in [6.07, 6.45) is 0. The topological polar surface area (TPSA) is 21.3 Å². The monoisotopic (exact) mass is 778 g/mol. The third-order valence-electron chi connectivity index (χ3n) is 12.2. The van der Waals surface area contributed by atoms with Crippen LogP contribution in [0, 0.1) is 0 Å². The van der Waals surface area contributed by atoms with Crippen molar-refractivity contribution in [3.8, 4) is 39.1 Å². The van der Waals surface area contributed by atoms with Crippen LogP contribution in [-0.4, -0.2) is 4.57 Å². The van der Waals surface area contributed by atoms with Crippen LogP contribution < -0.4 is 4.90 Å². The highest BCUT2D eigenvalue weighted by atomic mass is 16.3. The molecule has 0 saturated heterocycles. The fraction of sp³-hybridized carbons (Fsp3) is 0. The first-order valence-electron chi connectivity index (χ1n) is 20.8. The fourth-order valence-electron chi connectivity index (χ4n) is 9.48. The van der Waals surface area contributed by atoms with Gasteiger partial charge in [-0.25, -0.2) is 0 Å². The lowest BCUT2D eigenvalue weighted by atomic mass is 9.95. The molecule has 3 heteroatoms. The molecule has 0 aliphatic heterocycles. The van der Waals surface area contributed by atoms with E-state index in [1.807, 2.05) is 12.1 Å². The number of furan rings is 1. The van der Waals surface area contributed by atoms with Gasteiger partial charge < -0.3 is 13.9 Å². The second kappa shape index (κ2) is 14.3. The summed E-state index contributed by atoms with van der Waals surface area (Å²) in [5.74, 6) is 0. The number of benzene rings is 10. The molecule has 0 spiro atoms. The lowest BCUT2D eigenvalue weighted by Gasteiger charge is -2.29. The highest BCUT2D eigenvalue weighted by molar-refractivity contribution is 6.11. The largest absolute Gasteiger partial charge is 0.455 e. The maximum absolute atomic E-state index is 6.57. The van der Waals surface area contributed by atoms with Crippen molar-refractivity contribution in [3.63, 3.8) is 0 Å². The Hall–Kier alpha value is -8.14. The highest BCUT2D eigenvalue weighted by Gasteiger charge is 2.22. The predicted molar refractivity (Wildman–Crippen MR) is 257 cm³/mol. The van der Waals surface area contributed by atoms with Gasteiger partial charge in [0.1, 0.15) is 11.2 Å². The van der Waals surface area contributed by atoms with E-state index < -0.39 is 0 Å². The number of nitrogens with zero attached hydrogens (tertiary/aromatic N) is 2. The van der Waals surface area contributed by atoms with E-state index in [-0.39, 0.29) is 0 Å². The Morgan fingerprint density at radius 3 is 1.62 bits per heavy atom. The number of hydrogen-bond donors (Lipinski definition) is 0. The summed E-state index contributed by atoms with van der Waals surface area (Å²) in [6, 6.07) is 83.0. The maximum Gasteiger partial charge on any atom is 0.143 e. The highest BCUT2D eigenvalue weighted by Crippen LogP contribution is 2.46. The molecule has 0 fully saturated rings. The Bertz CT molecular complexity index is 3570. The Morgan fingerprint density at radius 2 is 0.852 bits per heavy atom. The summed E-state index contributed by atoms with van der Waals surface area (Å²) in [6.45, 7) is 0. The Labute approximate surface area is 353 Å². The van der Waals surface area contributed by atoms with Gasteiger partial charge in [-0.3, -0.25) is 0 Å². The normalized spacial score (nSPS) is 11.6. The molecule has 0 aliphatic carbocycles. The molecule has 10 aromatic carbocycles. The van der Waals surface area contributed by atoms with Crippen molar-refractivity contribution in [1.29, 1.82) is 0 Å². The second-order valence-electron chi connectivity index (χ2n) is 15.6. The van der Waals surface area contributed by atoms with Crippen molar-refractivity contribution in [1.82, 2.24) is 4.57 Å². The summed E-state index contributed by atoms with van der Waals surface area (Å²) >= 11 is 0. The van der Waals surface area contributed by atoms with Crippen molar-refractivity contribution >= 4 is 71.6 Å². The van der Waals surface area contributed by atoms with Crippen molar-refractivity contribution in [2.24, 2.45) is 0 Å². The molecular formula is C58H38N2O. The van der Waals surface area contributed by atoms with E-state index in [0.29, 0.717) is 0 Å². The second-order valence-corrected chi connectivity index (χ2v) is 15.6. The van der Waals surface area contributed by atoms with Crippen LogP contribution in [0.3, 0.4) is 0 Å². The van der Waals surface area contributed by atoms with Crippen molar-refractivity contribution in [3.05, 3.63) is 231 Å². The zero-order chi connectivity index (χ0) is 40.3. The van der Waals surface area contributed by atoms with Gasteiger partial charge in [0.2, 0.25) is 0 Å². The Kier molecular flexibility index (Phi) is 8.17. The van der Waals surface area contributed by atoms with Crippen LogP contribution in [0.1, 0.15) is 0 Å². The van der Waals surface area contributed by atoms with Crippen molar-refractivity contribution in [2.75, 3.05) is 4.90 Å². The van der Waals surface area contributed by atoms with Crippen LogP contribution in [0.15, 0.2) is 235 Å².